The van der Waals surface area contributed by atoms with Gasteiger partial charge in [-0.15, -0.1) is 0 Å². The maximum Gasteiger partial charge on any atom is 0.122 e. The molecular formula is C16H26N2O2. The minimum Gasteiger partial charge on any atom is -0.395 e. The molecule has 0 aliphatic rings. The molecule has 0 unspecified atom stereocenters. The molecule has 4 heteroatoms. The van der Waals surface area contributed by atoms with Gasteiger partial charge in [-0.05, 0) is 32.9 Å². The molecule has 0 bridgehead atoms. The molecule has 0 heterocycles. The van der Waals surface area contributed by atoms with Gasteiger partial charge in [-0.25, -0.2) is 0 Å². The van der Waals surface area contributed by atoms with Crippen molar-refractivity contribution in [2.45, 2.75) is 27.2 Å². The Labute approximate surface area is 122 Å². The summed E-state index contributed by atoms with van der Waals surface area (Å²) in [7, 11) is 1.65. The fraction of sp³-hybridized carbons (Fsp3) is 0.438. The number of nitrogens with one attached hydrogen (secondary N) is 1. The molecule has 0 atom stereocenters. The van der Waals surface area contributed by atoms with E-state index in [-0.39, 0.29) is 0 Å². The van der Waals surface area contributed by atoms with Crippen LogP contribution in [0.2, 0.25) is 0 Å². The first-order chi connectivity index (χ1) is 9.60. The fourth-order valence-electron chi connectivity index (χ4n) is 1.30. The van der Waals surface area contributed by atoms with Gasteiger partial charge in [-0.1, -0.05) is 35.5 Å². The molecule has 0 rings (SSSR count). The minimum absolute atomic E-state index is 0.466. The first kappa shape index (κ1) is 18.2. The Kier molecular flexibility index (Phi) is 11.1. The second kappa shape index (κ2) is 12.2. The molecule has 0 aromatic carbocycles. The lowest BCUT2D eigenvalue weighted by Gasteiger charge is -2.09. The number of hydrogen-bond acceptors (Lipinski definition) is 4. The first-order valence-corrected chi connectivity index (χ1v) is 6.65. The molecule has 1 N–H and O–H groups in total. The monoisotopic (exact) mass is 278 g/mol. The summed E-state index contributed by atoms with van der Waals surface area (Å²) in [5.41, 5.74) is 2.89. The summed E-state index contributed by atoms with van der Waals surface area (Å²) >= 11 is 0. The third-order valence-corrected chi connectivity index (χ3v) is 2.20. The molecule has 0 radical (unpaired) electrons. The van der Waals surface area contributed by atoms with Crippen molar-refractivity contribution in [1.29, 1.82) is 0 Å². The van der Waals surface area contributed by atoms with E-state index >= 15 is 0 Å². The summed E-state index contributed by atoms with van der Waals surface area (Å²) in [6.45, 7) is 10.6. The van der Waals surface area contributed by atoms with E-state index in [1.807, 2.05) is 51.2 Å². The van der Waals surface area contributed by atoms with Gasteiger partial charge in [0.05, 0.1) is 5.71 Å². The van der Waals surface area contributed by atoms with Crippen LogP contribution in [0.25, 0.3) is 0 Å². The van der Waals surface area contributed by atoms with Crippen LogP contribution < -0.4 is 5.32 Å². The van der Waals surface area contributed by atoms with Gasteiger partial charge in [0.25, 0.3) is 0 Å². The number of hydrogen-bond donors (Lipinski definition) is 1. The number of nitrogens with zero attached hydrogens (tertiary/aromatic N) is 1. The highest BCUT2D eigenvalue weighted by Gasteiger charge is 1.96. The van der Waals surface area contributed by atoms with Crippen LogP contribution in [-0.4, -0.2) is 26.2 Å². The highest BCUT2D eigenvalue weighted by Crippen LogP contribution is 2.00. The number of ether oxygens (including phenoxy) is 1. The standard InChI is InChI=1S/C16H26N2O2/c1-6-8-15(4)18-20-12-11-16(17-13-19-5)10-7-9-14(2)3/h6-10,17H,2,11-13H2,1,3-5H3/b8-6+,9-7-,16-10+,18-15?. The quantitative estimate of drug-likeness (QED) is 0.218. The van der Waals surface area contributed by atoms with E-state index in [2.05, 4.69) is 17.1 Å². The van der Waals surface area contributed by atoms with Crippen molar-refractivity contribution >= 4 is 5.71 Å². The second-order valence-corrected chi connectivity index (χ2v) is 4.32. The van der Waals surface area contributed by atoms with Crippen LogP contribution >= 0.6 is 0 Å². The van der Waals surface area contributed by atoms with Crippen LogP contribution in [0.15, 0.2) is 53.4 Å². The lowest BCUT2D eigenvalue weighted by molar-refractivity contribution is 0.142. The zero-order valence-electron chi connectivity index (χ0n) is 13.0. The number of oxime groups is 1. The Balaban J connectivity index is 4.29. The third kappa shape index (κ3) is 11.3. The summed E-state index contributed by atoms with van der Waals surface area (Å²) in [5.74, 6) is 0. The maximum atomic E-state index is 5.26. The zero-order chi connectivity index (χ0) is 15.2. The van der Waals surface area contributed by atoms with Crippen molar-refractivity contribution in [3.05, 3.63) is 48.2 Å². The molecule has 112 valence electrons. The van der Waals surface area contributed by atoms with Crippen molar-refractivity contribution in [3.63, 3.8) is 0 Å². The van der Waals surface area contributed by atoms with E-state index in [0.717, 1.165) is 23.4 Å². The van der Waals surface area contributed by atoms with Crippen LogP contribution in [0, 0.1) is 0 Å². The molecular weight excluding hydrogens is 252 g/mol. The summed E-state index contributed by atoms with van der Waals surface area (Å²) in [6.07, 6.45) is 10.4. The van der Waals surface area contributed by atoms with Crippen LogP contribution in [0.4, 0.5) is 0 Å². The van der Waals surface area contributed by atoms with Crippen LogP contribution in [0.5, 0.6) is 0 Å². The molecule has 0 saturated heterocycles. The summed E-state index contributed by atoms with van der Waals surface area (Å²) in [4.78, 5) is 5.26. The molecule has 0 amide bonds. The van der Waals surface area contributed by atoms with Crippen LogP contribution in [0.3, 0.4) is 0 Å². The third-order valence-electron chi connectivity index (χ3n) is 2.20. The van der Waals surface area contributed by atoms with Gasteiger partial charge in [0, 0.05) is 19.2 Å². The Morgan fingerprint density at radius 1 is 1.30 bits per heavy atom. The number of rotatable bonds is 10. The maximum absolute atomic E-state index is 5.26. The molecule has 0 fully saturated rings. The predicted molar refractivity (Wildman–Crippen MR) is 85.5 cm³/mol. The van der Waals surface area contributed by atoms with E-state index in [1.54, 1.807) is 7.11 Å². The molecule has 0 aromatic heterocycles. The lowest BCUT2D eigenvalue weighted by Crippen LogP contribution is -2.17. The van der Waals surface area contributed by atoms with Crippen molar-refractivity contribution in [2.75, 3.05) is 20.4 Å². The van der Waals surface area contributed by atoms with Gasteiger partial charge < -0.3 is 14.9 Å². The van der Waals surface area contributed by atoms with Crippen molar-refractivity contribution in [2.24, 2.45) is 5.16 Å². The van der Waals surface area contributed by atoms with Gasteiger partial charge >= 0.3 is 0 Å². The molecule has 0 spiro atoms. The Hall–Kier alpha value is -1.81. The van der Waals surface area contributed by atoms with Crippen molar-refractivity contribution < 1.29 is 9.57 Å². The SMILES string of the molecule is C=C(C)/C=C\C=C(/CCON=C(C)/C=C/C)NCOC. The zero-order valence-corrected chi connectivity index (χ0v) is 13.0. The average molecular weight is 278 g/mol. The Bertz CT molecular complexity index is 393. The topological polar surface area (TPSA) is 42.8 Å². The predicted octanol–water partition coefficient (Wildman–Crippen LogP) is 3.55. The highest BCUT2D eigenvalue weighted by molar-refractivity contribution is 5.92. The molecule has 0 saturated carbocycles. The lowest BCUT2D eigenvalue weighted by atomic mass is 10.2. The van der Waals surface area contributed by atoms with E-state index in [1.165, 1.54) is 0 Å². The van der Waals surface area contributed by atoms with Gasteiger partial charge in [-0.3, -0.25) is 0 Å². The van der Waals surface area contributed by atoms with Crippen LogP contribution in [0.1, 0.15) is 27.2 Å². The fourth-order valence-corrected chi connectivity index (χ4v) is 1.30. The van der Waals surface area contributed by atoms with Gasteiger partial charge in [-0.2, -0.15) is 0 Å². The molecule has 20 heavy (non-hydrogen) atoms. The van der Waals surface area contributed by atoms with E-state index in [0.29, 0.717) is 13.3 Å². The van der Waals surface area contributed by atoms with Gasteiger partial charge in [0.1, 0.15) is 13.3 Å². The smallest absolute Gasteiger partial charge is 0.122 e. The van der Waals surface area contributed by atoms with Crippen molar-refractivity contribution in [3.8, 4) is 0 Å². The van der Waals surface area contributed by atoms with Crippen molar-refractivity contribution in [1.82, 2.24) is 5.32 Å². The molecule has 4 nitrogen and oxygen atoms in total. The van der Waals surface area contributed by atoms with E-state index in [4.69, 9.17) is 9.57 Å². The minimum atomic E-state index is 0.466. The van der Waals surface area contributed by atoms with E-state index in [9.17, 15) is 0 Å². The Morgan fingerprint density at radius 2 is 2.05 bits per heavy atom. The first-order valence-electron chi connectivity index (χ1n) is 6.65. The number of allylic oxidation sites excluding steroid dienone is 6. The van der Waals surface area contributed by atoms with E-state index < -0.39 is 0 Å². The van der Waals surface area contributed by atoms with Gasteiger partial charge in [0.2, 0.25) is 0 Å². The summed E-state index contributed by atoms with van der Waals surface area (Å²) in [6, 6.07) is 0. The normalized spacial score (nSPS) is 13.2. The summed E-state index contributed by atoms with van der Waals surface area (Å²) < 4.78 is 5.01. The van der Waals surface area contributed by atoms with Crippen LogP contribution in [-0.2, 0) is 9.57 Å². The second-order valence-electron chi connectivity index (χ2n) is 4.32. The molecule has 0 aliphatic heterocycles. The molecule has 0 aliphatic carbocycles. The highest BCUT2D eigenvalue weighted by atomic mass is 16.6. The average Bonchev–Trinajstić information content (AvgIpc) is 2.40. The molecule has 0 aromatic rings. The number of methoxy groups -OCH3 is 1. The summed E-state index contributed by atoms with van der Waals surface area (Å²) in [5, 5.41) is 7.16. The largest absolute Gasteiger partial charge is 0.395 e. The van der Waals surface area contributed by atoms with Gasteiger partial charge in [0.15, 0.2) is 0 Å². The Morgan fingerprint density at radius 3 is 2.65 bits per heavy atom.